The number of aromatic nitrogens is 3. The van der Waals surface area contributed by atoms with Crippen molar-refractivity contribution < 1.29 is 29.4 Å². The van der Waals surface area contributed by atoms with Crippen molar-refractivity contribution in [3.05, 3.63) is 54.2 Å². The van der Waals surface area contributed by atoms with Gasteiger partial charge in [0.2, 0.25) is 17.7 Å². The molecule has 1 aromatic carbocycles. The van der Waals surface area contributed by atoms with E-state index in [-0.39, 0.29) is 12.8 Å². The summed E-state index contributed by atoms with van der Waals surface area (Å²) in [6.07, 6.45) is 3.48. The summed E-state index contributed by atoms with van der Waals surface area (Å²) < 4.78 is 0. The number of hydrogen-bond donors (Lipinski definition) is 8. The van der Waals surface area contributed by atoms with E-state index in [0.717, 1.165) is 16.5 Å². The Morgan fingerprint density at radius 2 is 1.64 bits per heavy atom. The zero-order valence-electron chi connectivity index (χ0n) is 22.0. The highest BCUT2D eigenvalue weighted by Crippen LogP contribution is 2.19. The van der Waals surface area contributed by atoms with Crippen molar-refractivity contribution in [2.45, 2.75) is 63.9 Å². The highest BCUT2D eigenvalue weighted by atomic mass is 16.4. The molecule has 5 unspecified atom stereocenters. The molecule has 0 bridgehead atoms. The number of benzene rings is 1. The Kier molecular flexibility index (Phi) is 9.79. The highest BCUT2D eigenvalue weighted by Gasteiger charge is 2.33. The molecular formula is C26H35N7O6. The summed E-state index contributed by atoms with van der Waals surface area (Å²) in [4.78, 5) is 60.9. The van der Waals surface area contributed by atoms with Gasteiger partial charge < -0.3 is 41.9 Å². The summed E-state index contributed by atoms with van der Waals surface area (Å²) in [5.74, 6) is -3.76. The minimum Gasteiger partial charge on any atom is -0.480 e. The number of amides is 3. The van der Waals surface area contributed by atoms with Crippen LogP contribution in [0, 0.1) is 5.92 Å². The lowest BCUT2D eigenvalue weighted by Crippen LogP contribution is -2.59. The van der Waals surface area contributed by atoms with E-state index in [1.54, 1.807) is 20.0 Å². The molecule has 0 aliphatic rings. The Morgan fingerprint density at radius 3 is 2.26 bits per heavy atom. The highest BCUT2D eigenvalue weighted by molar-refractivity contribution is 5.94. The van der Waals surface area contributed by atoms with Gasteiger partial charge in [-0.15, -0.1) is 0 Å². The number of para-hydroxylation sites is 1. The first-order valence-electron chi connectivity index (χ1n) is 12.6. The molecule has 0 radical (unpaired) electrons. The molecule has 0 saturated carbocycles. The summed E-state index contributed by atoms with van der Waals surface area (Å²) in [5.41, 5.74) is 7.82. The fourth-order valence-electron chi connectivity index (χ4n) is 4.08. The fourth-order valence-corrected chi connectivity index (χ4v) is 4.08. The van der Waals surface area contributed by atoms with Gasteiger partial charge in [-0.05, 0) is 24.5 Å². The molecule has 13 nitrogen and oxygen atoms in total. The van der Waals surface area contributed by atoms with Crippen LogP contribution in [0.15, 0.2) is 43.0 Å². The Morgan fingerprint density at radius 1 is 0.949 bits per heavy atom. The summed E-state index contributed by atoms with van der Waals surface area (Å²) in [6.45, 7) is 4.75. The van der Waals surface area contributed by atoms with Crippen molar-refractivity contribution in [3.63, 3.8) is 0 Å². The number of aromatic amines is 2. The second kappa shape index (κ2) is 13.0. The molecule has 3 amide bonds. The van der Waals surface area contributed by atoms with Gasteiger partial charge in [0.1, 0.15) is 24.2 Å². The van der Waals surface area contributed by atoms with Crippen LogP contribution in [-0.4, -0.2) is 79.1 Å². The number of carbonyl (C=O) groups is 4. The van der Waals surface area contributed by atoms with Crippen LogP contribution in [-0.2, 0) is 32.0 Å². The molecule has 0 aliphatic heterocycles. The zero-order chi connectivity index (χ0) is 28.7. The number of nitrogens with one attached hydrogen (secondary N) is 5. The maximum atomic E-state index is 13.3. The first-order chi connectivity index (χ1) is 18.5. The monoisotopic (exact) mass is 541 g/mol. The average Bonchev–Trinajstić information content (AvgIpc) is 3.55. The van der Waals surface area contributed by atoms with E-state index in [1.165, 1.54) is 19.4 Å². The third-order valence-electron chi connectivity index (χ3n) is 6.39. The molecule has 9 N–H and O–H groups in total. The van der Waals surface area contributed by atoms with Gasteiger partial charge in [0.15, 0.2) is 0 Å². The second-order valence-corrected chi connectivity index (χ2v) is 9.80. The Hall–Kier alpha value is -4.23. The van der Waals surface area contributed by atoms with Gasteiger partial charge in [-0.1, -0.05) is 32.0 Å². The van der Waals surface area contributed by atoms with E-state index in [0.29, 0.717) is 5.69 Å². The van der Waals surface area contributed by atoms with Crippen molar-refractivity contribution in [1.82, 2.24) is 30.9 Å². The lowest BCUT2D eigenvalue weighted by Gasteiger charge is -2.27. The number of carbonyl (C=O) groups excluding carboxylic acids is 3. The van der Waals surface area contributed by atoms with Crippen molar-refractivity contribution >= 4 is 34.6 Å². The molecule has 5 atom stereocenters. The quantitative estimate of drug-likeness (QED) is 0.142. The van der Waals surface area contributed by atoms with E-state index in [2.05, 4.69) is 30.9 Å². The van der Waals surface area contributed by atoms with Crippen molar-refractivity contribution in [3.8, 4) is 0 Å². The average molecular weight is 542 g/mol. The van der Waals surface area contributed by atoms with Gasteiger partial charge >= 0.3 is 5.97 Å². The number of H-pyrrole nitrogens is 2. The van der Waals surface area contributed by atoms with Crippen LogP contribution < -0.4 is 21.7 Å². The maximum absolute atomic E-state index is 13.3. The number of nitrogens with two attached hydrogens (primary N) is 1. The summed E-state index contributed by atoms with van der Waals surface area (Å²) in [6, 6.07) is 2.64. The topological polar surface area (TPSA) is 215 Å². The molecule has 39 heavy (non-hydrogen) atoms. The molecule has 210 valence electrons. The summed E-state index contributed by atoms with van der Waals surface area (Å²) >= 11 is 0. The van der Waals surface area contributed by atoms with Crippen LogP contribution in [0.2, 0.25) is 0 Å². The predicted octanol–water partition coefficient (Wildman–Crippen LogP) is -0.421. The number of hydrogen-bond acceptors (Lipinski definition) is 7. The van der Waals surface area contributed by atoms with Gasteiger partial charge in [0.05, 0.1) is 12.4 Å². The largest absolute Gasteiger partial charge is 0.480 e. The van der Waals surface area contributed by atoms with Crippen LogP contribution in [0.4, 0.5) is 0 Å². The van der Waals surface area contributed by atoms with Crippen molar-refractivity contribution in [2.24, 2.45) is 11.7 Å². The fraction of sp³-hybridized carbons (Fsp3) is 0.423. The number of aliphatic carboxylic acids is 1. The lowest BCUT2D eigenvalue weighted by molar-refractivity contribution is -0.142. The standard InChI is InChI=1S/C26H35N7O6/c1-13(2)22(25(37)32-20(26(38)39)8-15-10-29-18-7-5-4-6-17(15)18)33-23(35)19(9-16-11-28-12-30-16)31-24(36)21(27)14(3)34/h4-7,10-14,19-22,29,34H,8-9,27H2,1-3H3,(H,28,30)(H,31,36)(H,32,37)(H,33,35)(H,38,39). The van der Waals surface area contributed by atoms with Crippen LogP contribution in [0.1, 0.15) is 32.0 Å². The first kappa shape index (κ1) is 29.3. The smallest absolute Gasteiger partial charge is 0.326 e. The predicted molar refractivity (Wildman–Crippen MR) is 142 cm³/mol. The van der Waals surface area contributed by atoms with Gasteiger partial charge in [0, 0.05) is 41.8 Å². The molecule has 0 aliphatic carbocycles. The zero-order valence-corrected chi connectivity index (χ0v) is 22.0. The number of aliphatic hydroxyl groups is 1. The van der Waals surface area contributed by atoms with E-state index >= 15 is 0 Å². The van der Waals surface area contributed by atoms with Gasteiger partial charge in [-0.2, -0.15) is 0 Å². The number of fused-ring (bicyclic) bond motifs is 1. The van der Waals surface area contributed by atoms with E-state index in [4.69, 9.17) is 5.73 Å². The molecule has 3 aromatic rings. The number of carboxylic acid groups (broad SMARTS) is 1. The maximum Gasteiger partial charge on any atom is 0.326 e. The SMILES string of the molecule is CC(C)C(NC(=O)C(Cc1cnc[nH]1)NC(=O)C(N)C(C)O)C(=O)NC(Cc1c[nH]c2ccccc12)C(=O)O. The molecule has 2 heterocycles. The minimum atomic E-state index is -1.27. The molecule has 0 spiro atoms. The minimum absolute atomic E-state index is 0.00878. The number of nitrogens with zero attached hydrogens (tertiary/aromatic N) is 1. The van der Waals surface area contributed by atoms with Crippen LogP contribution in [0.5, 0.6) is 0 Å². The Balaban J connectivity index is 1.75. The number of carboxylic acids is 1. The third-order valence-corrected chi connectivity index (χ3v) is 6.39. The van der Waals surface area contributed by atoms with Gasteiger partial charge in [-0.3, -0.25) is 14.4 Å². The van der Waals surface area contributed by atoms with E-state index in [1.807, 2.05) is 24.3 Å². The van der Waals surface area contributed by atoms with Gasteiger partial charge in [0.25, 0.3) is 0 Å². The summed E-state index contributed by atoms with van der Waals surface area (Å²) in [7, 11) is 0. The van der Waals surface area contributed by atoms with Gasteiger partial charge in [-0.25, -0.2) is 9.78 Å². The van der Waals surface area contributed by atoms with E-state index in [9.17, 15) is 29.4 Å². The number of imidazole rings is 1. The molecule has 2 aromatic heterocycles. The lowest BCUT2D eigenvalue weighted by atomic mass is 10.00. The van der Waals surface area contributed by atoms with Crippen LogP contribution >= 0.6 is 0 Å². The second-order valence-electron chi connectivity index (χ2n) is 9.80. The Labute approximate surface area is 225 Å². The summed E-state index contributed by atoms with van der Waals surface area (Å²) in [5, 5.41) is 28.0. The van der Waals surface area contributed by atoms with E-state index < -0.39 is 59.9 Å². The normalized spacial score (nSPS) is 15.2. The molecule has 0 fully saturated rings. The van der Waals surface area contributed by atoms with Crippen molar-refractivity contribution in [1.29, 1.82) is 0 Å². The molecule has 3 rings (SSSR count). The molecule has 13 heteroatoms. The van der Waals surface area contributed by atoms with Crippen molar-refractivity contribution in [2.75, 3.05) is 0 Å². The number of rotatable bonds is 13. The molecule has 0 saturated heterocycles. The Bertz CT molecular complexity index is 1290. The first-order valence-corrected chi connectivity index (χ1v) is 12.6. The molecular weight excluding hydrogens is 506 g/mol. The van der Waals surface area contributed by atoms with Crippen LogP contribution in [0.3, 0.4) is 0 Å². The third kappa shape index (κ3) is 7.65. The number of aliphatic hydroxyl groups excluding tert-OH is 1. The van der Waals surface area contributed by atoms with Crippen LogP contribution in [0.25, 0.3) is 10.9 Å².